The van der Waals surface area contributed by atoms with Gasteiger partial charge in [-0.3, -0.25) is 4.79 Å². The quantitative estimate of drug-likeness (QED) is 0.587. The maximum absolute atomic E-state index is 12.7. The van der Waals surface area contributed by atoms with Gasteiger partial charge in [0.25, 0.3) is 5.91 Å². The van der Waals surface area contributed by atoms with Crippen molar-refractivity contribution in [1.82, 2.24) is 19.4 Å². The van der Waals surface area contributed by atoms with E-state index in [1.54, 1.807) is 29.1 Å². The van der Waals surface area contributed by atoms with Crippen LogP contribution in [-0.2, 0) is 10.0 Å². The van der Waals surface area contributed by atoms with Gasteiger partial charge in [0, 0.05) is 43.2 Å². The highest BCUT2D eigenvalue weighted by molar-refractivity contribution is 7.89. The lowest BCUT2D eigenvalue weighted by Crippen LogP contribution is -2.36. The molecule has 0 unspecified atom stereocenters. The summed E-state index contributed by atoms with van der Waals surface area (Å²) in [5.74, 6) is 5.81. The Labute approximate surface area is 188 Å². The fourth-order valence-electron chi connectivity index (χ4n) is 3.54. The third-order valence-corrected chi connectivity index (χ3v) is 7.10. The molecule has 1 saturated heterocycles. The maximum Gasteiger partial charge on any atom is 0.251 e. The SMILES string of the molecule is O=C(NCCS(=O)(=O)N1CCCC1)c1ccc(-n2cccn2)c(C#Cc2ccccc2)c1. The summed E-state index contributed by atoms with van der Waals surface area (Å²) in [6.45, 7) is 1.19. The molecule has 1 N–H and O–H groups in total. The zero-order valence-corrected chi connectivity index (χ0v) is 18.4. The smallest absolute Gasteiger partial charge is 0.251 e. The molecule has 1 aliphatic heterocycles. The zero-order chi connectivity index (χ0) is 22.4. The van der Waals surface area contributed by atoms with E-state index in [9.17, 15) is 13.2 Å². The van der Waals surface area contributed by atoms with Crippen LogP contribution in [-0.4, -0.2) is 53.8 Å². The first-order chi connectivity index (χ1) is 15.5. The molecule has 0 bridgehead atoms. The van der Waals surface area contributed by atoms with Gasteiger partial charge in [-0.15, -0.1) is 0 Å². The van der Waals surface area contributed by atoms with Crippen molar-refractivity contribution in [3.8, 4) is 17.5 Å². The average Bonchev–Trinajstić information content (AvgIpc) is 3.53. The Kier molecular flexibility index (Phi) is 6.69. The molecule has 32 heavy (non-hydrogen) atoms. The van der Waals surface area contributed by atoms with E-state index >= 15 is 0 Å². The second kappa shape index (κ2) is 9.81. The van der Waals surface area contributed by atoms with Crippen molar-refractivity contribution < 1.29 is 13.2 Å². The fourth-order valence-corrected chi connectivity index (χ4v) is 4.97. The predicted octanol–water partition coefficient (Wildman–Crippen LogP) is 2.43. The van der Waals surface area contributed by atoms with Gasteiger partial charge in [-0.2, -0.15) is 5.10 Å². The largest absolute Gasteiger partial charge is 0.351 e. The van der Waals surface area contributed by atoms with Crippen molar-refractivity contribution in [1.29, 1.82) is 0 Å². The van der Waals surface area contributed by atoms with Gasteiger partial charge in [0.05, 0.1) is 17.0 Å². The van der Waals surface area contributed by atoms with E-state index in [1.165, 1.54) is 4.31 Å². The van der Waals surface area contributed by atoms with Crippen molar-refractivity contribution in [3.63, 3.8) is 0 Å². The first kappa shape index (κ1) is 21.8. The van der Waals surface area contributed by atoms with Crippen LogP contribution in [0.1, 0.15) is 34.3 Å². The Morgan fingerprint density at radius 3 is 2.53 bits per heavy atom. The lowest BCUT2D eigenvalue weighted by atomic mass is 10.1. The predicted molar refractivity (Wildman–Crippen MR) is 123 cm³/mol. The summed E-state index contributed by atoms with van der Waals surface area (Å²) in [5, 5.41) is 6.99. The minimum absolute atomic E-state index is 0.0591. The van der Waals surface area contributed by atoms with Gasteiger partial charge in [-0.05, 0) is 49.2 Å². The molecule has 1 aliphatic rings. The molecule has 0 aliphatic carbocycles. The van der Waals surface area contributed by atoms with E-state index in [-0.39, 0.29) is 18.2 Å². The second-order valence-electron chi connectivity index (χ2n) is 7.48. The second-order valence-corrected chi connectivity index (χ2v) is 9.57. The number of hydrogen-bond acceptors (Lipinski definition) is 4. The summed E-state index contributed by atoms with van der Waals surface area (Å²) in [5.41, 5.74) is 2.68. The number of benzene rings is 2. The molecule has 164 valence electrons. The molecule has 0 radical (unpaired) electrons. The molecule has 3 aromatic rings. The molecule has 7 nitrogen and oxygen atoms in total. The minimum Gasteiger partial charge on any atom is -0.351 e. The van der Waals surface area contributed by atoms with E-state index in [1.807, 2.05) is 42.6 Å². The lowest BCUT2D eigenvalue weighted by Gasteiger charge is -2.15. The monoisotopic (exact) mass is 448 g/mol. The molecule has 2 heterocycles. The van der Waals surface area contributed by atoms with Crippen LogP contribution in [0.2, 0.25) is 0 Å². The highest BCUT2D eigenvalue weighted by Gasteiger charge is 2.25. The van der Waals surface area contributed by atoms with Gasteiger partial charge < -0.3 is 5.32 Å². The molecule has 2 aromatic carbocycles. The number of carbonyl (C=O) groups is 1. The molecule has 1 aromatic heterocycles. The summed E-state index contributed by atoms with van der Waals surface area (Å²) in [7, 11) is -3.34. The minimum atomic E-state index is -3.34. The van der Waals surface area contributed by atoms with Gasteiger partial charge in [0.2, 0.25) is 10.0 Å². The Hall–Kier alpha value is -3.41. The Balaban J connectivity index is 1.51. The number of aromatic nitrogens is 2. The lowest BCUT2D eigenvalue weighted by molar-refractivity contribution is 0.0956. The summed E-state index contributed by atoms with van der Waals surface area (Å²) in [6, 6.07) is 16.6. The molecule has 4 rings (SSSR count). The van der Waals surface area contributed by atoms with E-state index in [4.69, 9.17) is 0 Å². The number of nitrogens with zero attached hydrogens (tertiary/aromatic N) is 3. The molecule has 0 atom stereocenters. The fraction of sp³-hybridized carbons (Fsp3) is 0.250. The van der Waals surface area contributed by atoms with Gasteiger partial charge >= 0.3 is 0 Å². The van der Waals surface area contributed by atoms with Crippen molar-refractivity contribution in [2.45, 2.75) is 12.8 Å². The van der Waals surface area contributed by atoms with E-state index < -0.39 is 10.0 Å². The van der Waals surface area contributed by atoms with E-state index in [2.05, 4.69) is 22.3 Å². The third kappa shape index (κ3) is 5.25. The van der Waals surface area contributed by atoms with Crippen molar-refractivity contribution in [2.75, 3.05) is 25.4 Å². The number of nitrogens with one attached hydrogen (secondary N) is 1. The number of rotatable bonds is 6. The van der Waals surface area contributed by atoms with E-state index in [0.29, 0.717) is 24.2 Å². The van der Waals surface area contributed by atoms with E-state index in [0.717, 1.165) is 24.1 Å². The van der Waals surface area contributed by atoms with Gasteiger partial charge in [-0.1, -0.05) is 30.0 Å². The molecule has 0 saturated carbocycles. The van der Waals surface area contributed by atoms with Crippen molar-refractivity contribution >= 4 is 15.9 Å². The first-order valence-electron chi connectivity index (χ1n) is 10.5. The molecule has 0 spiro atoms. The Morgan fingerprint density at radius 1 is 1.03 bits per heavy atom. The van der Waals surface area contributed by atoms with Gasteiger partial charge in [0.1, 0.15) is 0 Å². The van der Waals surface area contributed by atoms with Crippen LogP contribution >= 0.6 is 0 Å². The summed E-state index contributed by atoms with van der Waals surface area (Å²) in [4.78, 5) is 12.7. The molecule has 8 heteroatoms. The third-order valence-electron chi connectivity index (χ3n) is 5.23. The topological polar surface area (TPSA) is 84.3 Å². The zero-order valence-electron chi connectivity index (χ0n) is 17.6. The number of amides is 1. The summed E-state index contributed by atoms with van der Waals surface area (Å²) >= 11 is 0. The number of carbonyl (C=O) groups excluding carboxylic acids is 1. The van der Waals surface area contributed by atoms with Crippen LogP contribution < -0.4 is 5.32 Å². The first-order valence-corrected chi connectivity index (χ1v) is 12.1. The van der Waals surface area contributed by atoms with Crippen LogP contribution in [0.15, 0.2) is 67.0 Å². The van der Waals surface area contributed by atoms with Crippen molar-refractivity contribution in [3.05, 3.63) is 83.7 Å². The van der Waals surface area contributed by atoms with Crippen LogP contribution in [0.5, 0.6) is 0 Å². The van der Waals surface area contributed by atoms with Crippen LogP contribution in [0, 0.1) is 11.8 Å². The summed E-state index contributed by atoms with van der Waals surface area (Å²) < 4.78 is 27.9. The highest BCUT2D eigenvalue weighted by Crippen LogP contribution is 2.16. The van der Waals surface area contributed by atoms with Gasteiger partial charge in [0.15, 0.2) is 0 Å². The van der Waals surface area contributed by atoms with Crippen LogP contribution in [0.4, 0.5) is 0 Å². The Morgan fingerprint density at radius 2 is 1.81 bits per heavy atom. The Bertz CT molecular complexity index is 1240. The van der Waals surface area contributed by atoms with Crippen LogP contribution in [0.3, 0.4) is 0 Å². The molecule has 1 amide bonds. The molecular formula is C24H24N4O3S. The van der Waals surface area contributed by atoms with Crippen LogP contribution in [0.25, 0.3) is 5.69 Å². The summed E-state index contributed by atoms with van der Waals surface area (Å²) in [6.07, 6.45) is 5.27. The van der Waals surface area contributed by atoms with Gasteiger partial charge in [-0.25, -0.2) is 17.4 Å². The van der Waals surface area contributed by atoms with Crippen molar-refractivity contribution in [2.24, 2.45) is 0 Å². The molecular weight excluding hydrogens is 424 g/mol. The molecule has 1 fully saturated rings. The number of sulfonamides is 1. The highest BCUT2D eigenvalue weighted by atomic mass is 32.2. The normalized spacial score (nSPS) is 14.0. The maximum atomic E-state index is 12.7. The standard InChI is InChI=1S/C24H24N4O3S/c29-24(25-14-18-32(30,31)27-15-4-5-16-27)22-11-12-23(28-17-6-13-26-28)21(19-22)10-9-20-7-2-1-3-8-20/h1-3,6-8,11-13,17,19H,4-5,14-16,18H2,(H,25,29). The average molecular weight is 449 g/mol. The number of hydrogen-bond donors (Lipinski definition) is 1.